The summed E-state index contributed by atoms with van der Waals surface area (Å²) in [6, 6.07) is 3.43. The van der Waals surface area contributed by atoms with E-state index in [2.05, 4.69) is 5.32 Å². The van der Waals surface area contributed by atoms with Gasteiger partial charge in [-0.1, -0.05) is 12.1 Å². The number of nitrogens with one attached hydrogen (secondary N) is 1. The molecule has 1 atom stereocenters. The van der Waals surface area contributed by atoms with Gasteiger partial charge in [0.2, 0.25) is 5.24 Å². The smallest absolute Gasteiger partial charge is 0.325 e. The van der Waals surface area contributed by atoms with Crippen LogP contribution in [0.4, 0.5) is 4.79 Å². The van der Waals surface area contributed by atoms with Crippen LogP contribution in [0.25, 0.3) is 0 Å². The van der Waals surface area contributed by atoms with Crippen LogP contribution in [0.3, 0.4) is 0 Å². The number of imide groups is 1. The zero-order valence-electron chi connectivity index (χ0n) is 12.9. The van der Waals surface area contributed by atoms with Gasteiger partial charge in [-0.25, -0.2) is 4.79 Å². The predicted octanol–water partition coefficient (Wildman–Crippen LogP) is 0.599. The number of benzene rings is 1. The van der Waals surface area contributed by atoms with Crippen LogP contribution in [0.2, 0.25) is 0 Å². The summed E-state index contributed by atoms with van der Waals surface area (Å²) in [4.78, 5) is 49.8. The molecule has 128 valence electrons. The number of piperazine rings is 1. The number of urea groups is 1. The molecule has 1 aromatic rings. The van der Waals surface area contributed by atoms with Crippen LogP contribution in [-0.4, -0.2) is 57.6 Å². The molecule has 0 spiro atoms. The Balaban J connectivity index is 2.14. The third-order valence-corrected chi connectivity index (χ3v) is 3.88. The van der Waals surface area contributed by atoms with Gasteiger partial charge in [0, 0.05) is 19.6 Å². The molecule has 0 aromatic heterocycles. The maximum Gasteiger partial charge on any atom is 0.325 e. The Bertz CT molecular complexity index is 676. The van der Waals surface area contributed by atoms with Gasteiger partial charge in [0.25, 0.3) is 0 Å². The maximum atomic E-state index is 12.3. The van der Waals surface area contributed by atoms with Crippen molar-refractivity contribution in [3.8, 4) is 5.75 Å². The number of halogens is 1. The lowest BCUT2D eigenvalue weighted by molar-refractivity contribution is -0.153. The molecule has 1 heterocycles. The van der Waals surface area contributed by atoms with Crippen molar-refractivity contribution in [3.05, 3.63) is 29.8 Å². The first-order valence-corrected chi connectivity index (χ1v) is 7.62. The molecule has 0 aliphatic carbocycles. The van der Waals surface area contributed by atoms with Crippen molar-refractivity contribution in [2.75, 3.05) is 19.6 Å². The number of likely N-dealkylation sites (N-methyl/N-ethyl adjacent to an activating group) is 1. The average molecular weight is 354 g/mol. The van der Waals surface area contributed by atoms with Crippen LogP contribution < -0.4 is 5.32 Å². The highest BCUT2D eigenvalue weighted by Crippen LogP contribution is 2.20. The van der Waals surface area contributed by atoms with Crippen molar-refractivity contribution in [2.45, 2.75) is 13.0 Å². The van der Waals surface area contributed by atoms with Crippen LogP contribution in [0.15, 0.2) is 24.3 Å². The Hall–Kier alpha value is -2.61. The first kappa shape index (κ1) is 17.7. The van der Waals surface area contributed by atoms with Gasteiger partial charge < -0.3 is 15.3 Å². The van der Waals surface area contributed by atoms with Gasteiger partial charge in [-0.2, -0.15) is 0 Å². The second kappa shape index (κ2) is 7.31. The van der Waals surface area contributed by atoms with Crippen molar-refractivity contribution in [1.82, 2.24) is 15.1 Å². The average Bonchev–Trinajstić information content (AvgIpc) is 2.55. The van der Waals surface area contributed by atoms with E-state index in [0.29, 0.717) is 12.1 Å². The minimum absolute atomic E-state index is 0.0118. The van der Waals surface area contributed by atoms with E-state index in [1.165, 1.54) is 29.2 Å². The molecule has 1 saturated heterocycles. The summed E-state index contributed by atoms with van der Waals surface area (Å²) in [5.41, 5.74) is 0.340. The molecule has 1 aliphatic rings. The molecule has 0 saturated carbocycles. The zero-order chi connectivity index (χ0) is 17.9. The first-order chi connectivity index (χ1) is 11.3. The molecule has 8 nitrogen and oxygen atoms in total. The summed E-state index contributed by atoms with van der Waals surface area (Å²) in [6.45, 7) is 2.36. The highest BCUT2D eigenvalue weighted by Gasteiger charge is 2.36. The monoisotopic (exact) mass is 353 g/mol. The van der Waals surface area contributed by atoms with Gasteiger partial charge in [-0.05, 0) is 36.2 Å². The highest BCUT2D eigenvalue weighted by molar-refractivity contribution is 6.64. The van der Waals surface area contributed by atoms with E-state index < -0.39 is 29.1 Å². The van der Waals surface area contributed by atoms with E-state index in [0.717, 1.165) is 4.90 Å². The van der Waals surface area contributed by atoms with E-state index in [9.17, 15) is 24.3 Å². The SMILES string of the molecule is CCN1CCN(C(=O)N[C@@H](C(=O)Cl)c2ccc(O)cc2)C(=O)C1=O. The number of hydrogen-bond donors (Lipinski definition) is 2. The van der Waals surface area contributed by atoms with Crippen molar-refractivity contribution in [3.63, 3.8) is 0 Å². The molecule has 0 bridgehead atoms. The number of carbonyl (C=O) groups excluding carboxylic acids is 4. The lowest BCUT2D eigenvalue weighted by atomic mass is 10.1. The van der Waals surface area contributed by atoms with Gasteiger partial charge in [0.05, 0.1) is 0 Å². The van der Waals surface area contributed by atoms with E-state index in [1.54, 1.807) is 6.92 Å². The summed E-state index contributed by atoms with van der Waals surface area (Å²) in [7, 11) is 0. The van der Waals surface area contributed by atoms with Crippen LogP contribution in [-0.2, 0) is 14.4 Å². The van der Waals surface area contributed by atoms with Gasteiger partial charge in [0.15, 0.2) is 0 Å². The van der Waals surface area contributed by atoms with E-state index in [1.807, 2.05) is 0 Å². The predicted molar refractivity (Wildman–Crippen MR) is 84.2 cm³/mol. The zero-order valence-corrected chi connectivity index (χ0v) is 13.6. The second-order valence-electron chi connectivity index (χ2n) is 5.12. The molecule has 2 rings (SSSR count). The molecule has 9 heteroatoms. The molecule has 0 radical (unpaired) electrons. The fraction of sp³-hybridized carbons (Fsp3) is 0.333. The second-order valence-corrected chi connectivity index (χ2v) is 5.49. The Morgan fingerprint density at radius 2 is 1.83 bits per heavy atom. The van der Waals surface area contributed by atoms with Crippen molar-refractivity contribution < 1.29 is 24.3 Å². The van der Waals surface area contributed by atoms with Crippen molar-refractivity contribution in [2.24, 2.45) is 0 Å². The van der Waals surface area contributed by atoms with Crippen LogP contribution in [0.1, 0.15) is 18.5 Å². The minimum atomic E-state index is -1.20. The number of aromatic hydroxyl groups is 1. The first-order valence-electron chi connectivity index (χ1n) is 7.24. The van der Waals surface area contributed by atoms with Gasteiger partial charge >= 0.3 is 17.8 Å². The summed E-state index contributed by atoms with van der Waals surface area (Å²) in [6.07, 6.45) is 0. The topological polar surface area (TPSA) is 107 Å². The molecule has 1 aliphatic heterocycles. The van der Waals surface area contributed by atoms with Crippen LogP contribution in [0, 0.1) is 0 Å². The van der Waals surface area contributed by atoms with Crippen molar-refractivity contribution >= 4 is 34.7 Å². The van der Waals surface area contributed by atoms with Gasteiger partial charge in [-0.3, -0.25) is 19.3 Å². The molecule has 4 amide bonds. The van der Waals surface area contributed by atoms with Crippen LogP contribution >= 0.6 is 11.6 Å². The molecule has 24 heavy (non-hydrogen) atoms. The summed E-state index contributed by atoms with van der Waals surface area (Å²) in [5, 5.41) is 10.8. The third-order valence-electron chi connectivity index (χ3n) is 3.66. The molecule has 1 aromatic carbocycles. The Morgan fingerprint density at radius 3 is 2.38 bits per heavy atom. The summed E-state index contributed by atoms with van der Waals surface area (Å²) < 4.78 is 0. The Labute approximate surface area is 143 Å². The highest BCUT2D eigenvalue weighted by atomic mass is 35.5. The van der Waals surface area contributed by atoms with Gasteiger partial charge in [0.1, 0.15) is 11.8 Å². The van der Waals surface area contributed by atoms with E-state index in [4.69, 9.17) is 11.6 Å². The Morgan fingerprint density at radius 1 is 1.21 bits per heavy atom. The summed E-state index contributed by atoms with van der Waals surface area (Å²) in [5.74, 6) is -1.73. The molecular formula is C15H16ClN3O5. The number of phenolic OH excluding ortho intramolecular Hbond substituents is 1. The number of nitrogens with zero attached hydrogens (tertiary/aromatic N) is 2. The molecule has 1 fully saturated rings. The lowest BCUT2D eigenvalue weighted by Crippen LogP contribution is -2.58. The largest absolute Gasteiger partial charge is 0.508 e. The third kappa shape index (κ3) is 3.65. The van der Waals surface area contributed by atoms with E-state index in [-0.39, 0.29) is 18.8 Å². The number of phenols is 1. The normalized spacial score (nSPS) is 16.1. The molecule has 0 unspecified atom stereocenters. The Kier molecular flexibility index (Phi) is 5.40. The quantitative estimate of drug-likeness (QED) is 0.609. The fourth-order valence-electron chi connectivity index (χ4n) is 2.31. The standard InChI is InChI=1S/C15H16ClN3O5/c1-2-18-7-8-19(14(23)13(18)22)15(24)17-11(12(16)21)9-3-5-10(20)6-4-9/h3-6,11,20H,2,7-8H2,1H3,(H,17,24)/t11-/m1/s1. The van der Waals surface area contributed by atoms with E-state index >= 15 is 0 Å². The lowest BCUT2D eigenvalue weighted by Gasteiger charge is -2.32. The number of rotatable bonds is 4. The minimum Gasteiger partial charge on any atom is -0.508 e. The summed E-state index contributed by atoms with van der Waals surface area (Å²) >= 11 is 5.52. The number of carbonyl (C=O) groups is 4. The number of amides is 4. The molecular weight excluding hydrogens is 338 g/mol. The number of hydrogen-bond acceptors (Lipinski definition) is 5. The van der Waals surface area contributed by atoms with Crippen molar-refractivity contribution in [1.29, 1.82) is 0 Å². The fourth-order valence-corrected chi connectivity index (χ4v) is 2.49. The van der Waals surface area contributed by atoms with Crippen LogP contribution in [0.5, 0.6) is 5.75 Å². The maximum absolute atomic E-state index is 12.3. The molecule has 2 N–H and O–H groups in total. The van der Waals surface area contributed by atoms with Gasteiger partial charge in [-0.15, -0.1) is 0 Å².